The van der Waals surface area contributed by atoms with Gasteiger partial charge in [0.15, 0.2) is 11.4 Å². The van der Waals surface area contributed by atoms with E-state index in [1.54, 1.807) is 20.7 Å². The molecule has 0 saturated carbocycles. The third-order valence-corrected chi connectivity index (χ3v) is 5.07. The largest absolute Gasteiger partial charge is 0.493 e. The number of hydrogen-bond acceptors (Lipinski definition) is 4. The van der Waals surface area contributed by atoms with Gasteiger partial charge in [-0.2, -0.15) is 5.10 Å². The Morgan fingerprint density at radius 1 is 0.900 bits per heavy atom. The summed E-state index contributed by atoms with van der Waals surface area (Å²) in [6.45, 7) is 1.55. The van der Waals surface area contributed by atoms with Gasteiger partial charge in [0.25, 0.3) is 11.8 Å². The molecule has 1 saturated heterocycles. The Morgan fingerprint density at radius 2 is 1.50 bits per heavy atom. The molecule has 3 aromatic rings. The van der Waals surface area contributed by atoms with Crippen LogP contribution < -0.4 is 4.74 Å². The van der Waals surface area contributed by atoms with E-state index in [0.717, 1.165) is 5.69 Å². The van der Waals surface area contributed by atoms with Gasteiger partial charge in [-0.25, -0.2) is 9.07 Å². The smallest absolute Gasteiger partial charge is 0.278 e. The molecule has 0 unspecified atom stereocenters. The summed E-state index contributed by atoms with van der Waals surface area (Å²) in [7, 11) is 1.50. The number of benzene rings is 2. The second-order valence-electron chi connectivity index (χ2n) is 6.92. The van der Waals surface area contributed by atoms with E-state index in [1.165, 1.54) is 31.4 Å². The van der Waals surface area contributed by atoms with Crippen LogP contribution in [-0.4, -0.2) is 64.7 Å². The summed E-state index contributed by atoms with van der Waals surface area (Å²) in [6, 6.07) is 14.9. The minimum atomic E-state index is -0.383. The molecule has 0 aliphatic carbocycles. The zero-order chi connectivity index (χ0) is 21.1. The second-order valence-corrected chi connectivity index (χ2v) is 6.92. The Balaban J connectivity index is 1.45. The maximum atomic E-state index is 13.1. The number of carbonyl (C=O) groups is 2. The van der Waals surface area contributed by atoms with Crippen molar-refractivity contribution in [2.24, 2.45) is 0 Å². The Kier molecular flexibility index (Phi) is 5.47. The summed E-state index contributed by atoms with van der Waals surface area (Å²) in [5.74, 6) is -0.400. The SMILES string of the molecule is COc1cn(-c2ccccc2)nc1C(=O)N1CCN(C(=O)c2ccc(F)cc2)CC1. The lowest BCUT2D eigenvalue weighted by Crippen LogP contribution is -2.50. The second kappa shape index (κ2) is 8.36. The van der Waals surface area contributed by atoms with Gasteiger partial charge in [0.05, 0.1) is 19.0 Å². The molecule has 0 N–H and O–H groups in total. The number of para-hydroxylation sites is 1. The van der Waals surface area contributed by atoms with E-state index in [-0.39, 0.29) is 23.3 Å². The molecule has 1 aliphatic rings. The van der Waals surface area contributed by atoms with E-state index in [4.69, 9.17) is 4.74 Å². The number of rotatable bonds is 4. The van der Waals surface area contributed by atoms with Crippen molar-refractivity contribution in [3.05, 3.63) is 77.9 Å². The van der Waals surface area contributed by atoms with Crippen molar-refractivity contribution in [3.63, 3.8) is 0 Å². The number of aromatic nitrogens is 2. The summed E-state index contributed by atoms with van der Waals surface area (Å²) >= 11 is 0. The van der Waals surface area contributed by atoms with Crippen LogP contribution in [0.5, 0.6) is 5.75 Å². The summed E-state index contributed by atoms with van der Waals surface area (Å²) in [5, 5.41) is 4.42. The maximum absolute atomic E-state index is 13.1. The number of methoxy groups -OCH3 is 1. The van der Waals surface area contributed by atoms with Crippen LogP contribution in [0.15, 0.2) is 60.8 Å². The predicted molar refractivity (Wildman–Crippen MR) is 108 cm³/mol. The number of nitrogens with zero attached hydrogens (tertiary/aromatic N) is 4. The molecule has 1 aromatic heterocycles. The Labute approximate surface area is 173 Å². The van der Waals surface area contributed by atoms with Crippen LogP contribution in [0.4, 0.5) is 4.39 Å². The molecule has 0 spiro atoms. The molecule has 2 heterocycles. The zero-order valence-electron chi connectivity index (χ0n) is 16.5. The highest BCUT2D eigenvalue weighted by molar-refractivity contribution is 5.96. The third-order valence-electron chi connectivity index (χ3n) is 5.07. The van der Waals surface area contributed by atoms with Gasteiger partial charge in [0.1, 0.15) is 5.82 Å². The lowest BCUT2D eigenvalue weighted by atomic mass is 10.1. The molecule has 1 fully saturated rings. The number of hydrogen-bond donors (Lipinski definition) is 0. The van der Waals surface area contributed by atoms with Crippen LogP contribution in [-0.2, 0) is 0 Å². The highest BCUT2D eigenvalue weighted by Gasteiger charge is 2.29. The van der Waals surface area contributed by atoms with Gasteiger partial charge in [-0.3, -0.25) is 9.59 Å². The van der Waals surface area contributed by atoms with Crippen molar-refractivity contribution >= 4 is 11.8 Å². The normalized spacial score (nSPS) is 13.9. The molecule has 8 heteroatoms. The monoisotopic (exact) mass is 408 g/mol. The van der Waals surface area contributed by atoms with Crippen molar-refractivity contribution in [2.45, 2.75) is 0 Å². The minimum Gasteiger partial charge on any atom is -0.493 e. The first-order valence-corrected chi connectivity index (χ1v) is 9.60. The lowest BCUT2D eigenvalue weighted by Gasteiger charge is -2.34. The first kappa shape index (κ1) is 19.6. The van der Waals surface area contributed by atoms with Gasteiger partial charge in [-0.1, -0.05) is 18.2 Å². The van der Waals surface area contributed by atoms with Gasteiger partial charge in [-0.15, -0.1) is 0 Å². The van der Waals surface area contributed by atoms with E-state index in [1.807, 2.05) is 30.3 Å². The molecular formula is C22H21FN4O3. The van der Waals surface area contributed by atoms with E-state index in [2.05, 4.69) is 5.10 Å². The molecule has 0 radical (unpaired) electrons. The molecule has 30 heavy (non-hydrogen) atoms. The van der Waals surface area contributed by atoms with Crippen LogP contribution in [0, 0.1) is 5.82 Å². The maximum Gasteiger partial charge on any atom is 0.278 e. The molecule has 2 amide bonds. The van der Waals surface area contributed by atoms with Crippen molar-refractivity contribution in [1.82, 2.24) is 19.6 Å². The molecule has 1 aliphatic heterocycles. The molecule has 7 nitrogen and oxygen atoms in total. The zero-order valence-corrected chi connectivity index (χ0v) is 16.5. The van der Waals surface area contributed by atoms with E-state index < -0.39 is 0 Å². The van der Waals surface area contributed by atoms with E-state index >= 15 is 0 Å². The van der Waals surface area contributed by atoms with Crippen molar-refractivity contribution < 1.29 is 18.7 Å². The van der Waals surface area contributed by atoms with E-state index in [0.29, 0.717) is 37.5 Å². The fourth-order valence-electron chi connectivity index (χ4n) is 3.41. The molecule has 0 atom stereocenters. The minimum absolute atomic E-state index is 0.173. The highest BCUT2D eigenvalue weighted by atomic mass is 19.1. The lowest BCUT2D eigenvalue weighted by molar-refractivity contribution is 0.0530. The summed E-state index contributed by atoms with van der Waals surface area (Å²) < 4.78 is 20.1. The molecular weight excluding hydrogens is 387 g/mol. The Hall–Kier alpha value is -3.68. The fraction of sp³-hybridized carbons (Fsp3) is 0.227. The van der Waals surface area contributed by atoms with Crippen LogP contribution in [0.1, 0.15) is 20.8 Å². The highest BCUT2D eigenvalue weighted by Crippen LogP contribution is 2.22. The molecule has 0 bridgehead atoms. The fourth-order valence-corrected chi connectivity index (χ4v) is 3.41. The Morgan fingerprint density at radius 3 is 2.10 bits per heavy atom. The number of halogens is 1. The molecule has 4 rings (SSSR count). The topological polar surface area (TPSA) is 67.7 Å². The van der Waals surface area contributed by atoms with Crippen molar-refractivity contribution in [2.75, 3.05) is 33.3 Å². The van der Waals surface area contributed by atoms with Crippen molar-refractivity contribution in [3.8, 4) is 11.4 Å². The molecule has 2 aromatic carbocycles. The number of amides is 2. The first-order valence-electron chi connectivity index (χ1n) is 9.60. The summed E-state index contributed by atoms with van der Waals surface area (Å²) in [6.07, 6.45) is 1.68. The standard InChI is InChI=1S/C22H21FN4O3/c1-30-19-15-27(18-5-3-2-4-6-18)24-20(19)22(29)26-13-11-25(12-14-26)21(28)16-7-9-17(23)10-8-16/h2-10,15H,11-14H2,1H3. The summed E-state index contributed by atoms with van der Waals surface area (Å²) in [4.78, 5) is 28.9. The first-order chi connectivity index (χ1) is 14.6. The van der Waals surface area contributed by atoms with Crippen LogP contribution in [0.2, 0.25) is 0 Å². The summed E-state index contributed by atoms with van der Waals surface area (Å²) in [5.41, 5.74) is 1.49. The van der Waals surface area contributed by atoms with Crippen molar-refractivity contribution in [1.29, 1.82) is 0 Å². The van der Waals surface area contributed by atoms with E-state index in [9.17, 15) is 14.0 Å². The van der Waals surface area contributed by atoms with Gasteiger partial charge < -0.3 is 14.5 Å². The average molecular weight is 408 g/mol. The quantitative estimate of drug-likeness (QED) is 0.666. The van der Waals surface area contributed by atoms with Gasteiger partial charge in [0, 0.05) is 31.7 Å². The van der Waals surface area contributed by atoms with Crippen LogP contribution in [0.3, 0.4) is 0 Å². The molecule has 154 valence electrons. The number of ether oxygens (including phenoxy) is 1. The predicted octanol–water partition coefficient (Wildman–Crippen LogP) is 2.62. The Bertz CT molecular complexity index is 1040. The van der Waals surface area contributed by atoms with Crippen LogP contribution >= 0.6 is 0 Å². The van der Waals surface area contributed by atoms with Gasteiger partial charge in [0.2, 0.25) is 0 Å². The number of carbonyl (C=O) groups excluding carboxylic acids is 2. The van der Waals surface area contributed by atoms with Gasteiger partial charge >= 0.3 is 0 Å². The number of piperazine rings is 1. The third kappa shape index (κ3) is 3.89. The average Bonchev–Trinajstić information content (AvgIpc) is 3.24. The van der Waals surface area contributed by atoms with Crippen LogP contribution in [0.25, 0.3) is 5.69 Å². The van der Waals surface area contributed by atoms with Gasteiger partial charge in [-0.05, 0) is 36.4 Å².